The van der Waals surface area contributed by atoms with Crippen molar-refractivity contribution in [1.82, 2.24) is 9.62 Å². The summed E-state index contributed by atoms with van der Waals surface area (Å²) in [5.74, 6) is 0. The topological polar surface area (TPSA) is 49.4 Å². The monoisotopic (exact) mass is 368 g/mol. The molecule has 7 heteroatoms. The van der Waals surface area contributed by atoms with E-state index in [0.717, 1.165) is 19.4 Å². The molecular weight excluding hydrogens is 348 g/mol. The number of sulfonamides is 1. The van der Waals surface area contributed by atoms with Crippen LogP contribution in [0.5, 0.6) is 0 Å². The lowest BCUT2D eigenvalue weighted by molar-refractivity contribution is 0.268. The average Bonchev–Trinajstić information content (AvgIpc) is 2.75. The zero-order valence-corrected chi connectivity index (χ0v) is 14.7. The van der Waals surface area contributed by atoms with Crippen LogP contribution in [-0.2, 0) is 10.0 Å². The van der Waals surface area contributed by atoms with E-state index in [4.69, 9.17) is 0 Å². The number of unbranched alkanes of at least 4 members (excludes halogenated alkanes) is 1. The van der Waals surface area contributed by atoms with Gasteiger partial charge in [0.05, 0.1) is 0 Å². The molecule has 0 fully saturated rings. The highest BCUT2D eigenvalue weighted by atomic mass is 79.9. The maximum absolute atomic E-state index is 12.0. The molecule has 19 heavy (non-hydrogen) atoms. The van der Waals surface area contributed by atoms with Crippen molar-refractivity contribution >= 4 is 37.3 Å². The van der Waals surface area contributed by atoms with Gasteiger partial charge in [-0.1, -0.05) is 0 Å². The molecule has 0 saturated carbocycles. The minimum absolute atomic E-state index is 0.354. The molecule has 0 aliphatic rings. The quantitative estimate of drug-likeness (QED) is 0.717. The van der Waals surface area contributed by atoms with Gasteiger partial charge in [0.25, 0.3) is 10.0 Å². The van der Waals surface area contributed by atoms with Gasteiger partial charge < -0.3 is 4.90 Å². The summed E-state index contributed by atoms with van der Waals surface area (Å²) in [6, 6.07) is 2.27. The minimum Gasteiger partial charge on any atom is -0.304 e. The zero-order valence-electron chi connectivity index (χ0n) is 11.5. The van der Waals surface area contributed by atoms with E-state index in [1.54, 1.807) is 11.4 Å². The van der Waals surface area contributed by atoms with Gasteiger partial charge in [-0.05, 0) is 67.7 Å². The summed E-state index contributed by atoms with van der Waals surface area (Å²) in [5.41, 5.74) is 0. The van der Waals surface area contributed by atoms with Crippen molar-refractivity contribution in [2.75, 3.05) is 20.1 Å². The summed E-state index contributed by atoms with van der Waals surface area (Å²) in [4.78, 5) is 2.25. The number of thiophene rings is 1. The molecule has 4 nitrogen and oxygen atoms in total. The molecule has 0 spiro atoms. The number of nitrogens with one attached hydrogen (secondary N) is 1. The summed E-state index contributed by atoms with van der Waals surface area (Å²) in [5, 5.41) is 1.76. The summed E-state index contributed by atoms with van der Waals surface area (Å²) in [7, 11) is -1.28. The van der Waals surface area contributed by atoms with E-state index in [1.165, 1.54) is 11.3 Å². The van der Waals surface area contributed by atoms with E-state index < -0.39 is 10.0 Å². The number of hydrogen-bond acceptors (Lipinski definition) is 4. The second-order valence-electron chi connectivity index (χ2n) is 4.74. The van der Waals surface area contributed by atoms with Crippen LogP contribution in [-0.4, -0.2) is 39.5 Å². The van der Waals surface area contributed by atoms with Gasteiger partial charge in [0, 0.05) is 17.1 Å². The van der Waals surface area contributed by atoms with Gasteiger partial charge in [-0.25, -0.2) is 13.1 Å². The lowest BCUT2D eigenvalue weighted by Gasteiger charge is -2.20. The molecule has 0 aliphatic carbocycles. The van der Waals surface area contributed by atoms with Crippen molar-refractivity contribution in [3.63, 3.8) is 0 Å². The Morgan fingerprint density at radius 3 is 2.63 bits per heavy atom. The highest BCUT2D eigenvalue weighted by Gasteiger charge is 2.18. The molecule has 0 unspecified atom stereocenters. The Bertz CT molecular complexity index is 486. The Morgan fingerprint density at radius 2 is 2.11 bits per heavy atom. The van der Waals surface area contributed by atoms with Gasteiger partial charge in [0.2, 0.25) is 0 Å². The molecule has 0 amide bonds. The third kappa shape index (κ3) is 5.51. The predicted molar refractivity (Wildman–Crippen MR) is 84.2 cm³/mol. The van der Waals surface area contributed by atoms with Gasteiger partial charge in [0.15, 0.2) is 0 Å². The molecule has 0 aromatic carbocycles. The molecule has 1 aromatic rings. The average molecular weight is 369 g/mol. The number of rotatable bonds is 8. The van der Waals surface area contributed by atoms with Crippen molar-refractivity contribution in [3.8, 4) is 0 Å². The van der Waals surface area contributed by atoms with Gasteiger partial charge in [-0.15, -0.1) is 11.3 Å². The first-order valence-electron chi connectivity index (χ1n) is 6.27. The normalized spacial score (nSPS) is 12.5. The van der Waals surface area contributed by atoms with Gasteiger partial charge in [0.1, 0.15) is 4.21 Å². The molecular formula is C12H21BrN2O2S2. The van der Waals surface area contributed by atoms with Crippen LogP contribution in [0.4, 0.5) is 0 Å². The Morgan fingerprint density at radius 1 is 1.42 bits per heavy atom. The van der Waals surface area contributed by atoms with Crippen LogP contribution in [0.15, 0.2) is 20.1 Å². The van der Waals surface area contributed by atoms with E-state index in [2.05, 4.69) is 46.4 Å². The summed E-state index contributed by atoms with van der Waals surface area (Å²) < 4.78 is 27.6. The summed E-state index contributed by atoms with van der Waals surface area (Å²) >= 11 is 4.47. The van der Waals surface area contributed by atoms with Crippen molar-refractivity contribution in [1.29, 1.82) is 0 Å². The van der Waals surface area contributed by atoms with Crippen molar-refractivity contribution in [2.45, 2.75) is 36.9 Å². The molecule has 0 bridgehead atoms. The van der Waals surface area contributed by atoms with Crippen molar-refractivity contribution in [2.24, 2.45) is 0 Å². The number of hydrogen-bond donors (Lipinski definition) is 1. The first kappa shape index (κ1) is 17.1. The Balaban J connectivity index is 2.32. The lowest BCUT2D eigenvalue weighted by atomic mass is 10.2. The van der Waals surface area contributed by atoms with E-state index >= 15 is 0 Å². The molecule has 0 aliphatic heterocycles. The first-order chi connectivity index (χ1) is 8.84. The molecule has 0 atom stereocenters. The maximum Gasteiger partial charge on any atom is 0.251 e. The summed E-state index contributed by atoms with van der Waals surface area (Å²) in [6.45, 7) is 5.77. The number of halogens is 1. The fourth-order valence-corrected chi connectivity index (χ4v) is 4.94. The second-order valence-corrected chi connectivity index (χ2v) is 8.47. The van der Waals surface area contributed by atoms with Crippen LogP contribution in [0.25, 0.3) is 0 Å². The fraction of sp³-hybridized carbons (Fsp3) is 0.667. The van der Waals surface area contributed by atoms with Crippen LogP contribution in [0.2, 0.25) is 0 Å². The molecule has 0 radical (unpaired) electrons. The van der Waals surface area contributed by atoms with E-state index in [9.17, 15) is 8.42 Å². The molecule has 1 aromatic heterocycles. The summed E-state index contributed by atoms with van der Waals surface area (Å²) in [6.07, 6.45) is 1.84. The van der Waals surface area contributed by atoms with Crippen LogP contribution in [0.3, 0.4) is 0 Å². The largest absolute Gasteiger partial charge is 0.304 e. The van der Waals surface area contributed by atoms with E-state index in [0.29, 0.717) is 21.3 Å². The first-order valence-corrected chi connectivity index (χ1v) is 9.43. The van der Waals surface area contributed by atoms with E-state index in [1.807, 2.05) is 0 Å². The third-order valence-corrected chi connectivity index (χ3v) is 7.07. The van der Waals surface area contributed by atoms with Gasteiger partial charge in [-0.3, -0.25) is 0 Å². The number of nitrogens with zero attached hydrogens (tertiary/aromatic N) is 1. The second kappa shape index (κ2) is 7.73. The van der Waals surface area contributed by atoms with Crippen LogP contribution in [0.1, 0.15) is 26.7 Å². The van der Waals surface area contributed by atoms with Gasteiger partial charge in [-0.2, -0.15) is 0 Å². The third-order valence-electron chi connectivity index (χ3n) is 2.94. The van der Waals surface area contributed by atoms with Crippen LogP contribution < -0.4 is 4.72 Å². The van der Waals surface area contributed by atoms with E-state index in [-0.39, 0.29) is 0 Å². The van der Waals surface area contributed by atoms with Crippen molar-refractivity contribution < 1.29 is 8.42 Å². The standard InChI is InChI=1S/C12H21BrN2O2S2/c1-10(2)15(3)8-5-4-7-14-19(16,17)12-11(13)6-9-18-12/h6,9-10,14H,4-5,7-8H2,1-3H3. The predicted octanol–water partition coefficient (Wildman–Crippen LogP) is 2.91. The smallest absolute Gasteiger partial charge is 0.251 e. The van der Waals surface area contributed by atoms with Crippen LogP contribution >= 0.6 is 27.3 Å². The highest BCUT2D eigenvalue weighted by molar-refractivity contribution is 9.10. The van der Waals surface area contributed by atoms with Crippen molar-refractivity contribution in [3.05, 3.63) is 15.9 Å². The highest BCUT2D eigenvalue weighted by Crippen LogP contribution is 2.27. The Labute approximate surface area is 128 Å². The molecule has 110 valence electrons. The molecule has 1 N–H and O–H groups in total. The van der Waals surface area contributed by atoms with Crippen LogP contribution in [0, 0.1) is 0 Å². The molecule has 1 rings (SSSR count). The minimum atomic E-state index is -3.36. The maximum atomic E-state index is 12.0. The fourth-order valence-electron chi connectivity index (χ4n) is 1.49. The SMILES string of the molecule is CC(C)N(C)CCCCNS(=O)(=O)c1sccc1Br. The molecule has 1 heterocycles. The Hall–Kier alpha value is 0.0500. The Kier molecular flexibility index (Phi) is 6.96. The molecule has 0 saturated heterocycles. The van der Waals surface area contributed by atoms with Gasteiger partial charge >= 0.3 is 0 Å². The lowest BCUT2D eigenvalue weighted by Crippen LogP contribution is -2.28. The zero-order chi connectivity index (χ0) is 14.5.